The molecule has 1 aliphatic rings. The number of hydrogen-bond donors (Lipinski definition) is 2. The van der Waals surface area contributed by atoms with Gasteiger partial charge in [0.15, 0.2) is 11.0 Å². The quantitative estimate of drug-likeness (QED) is 0.286. The van der Waals surface area contributed by atoms with Crippen LogP contribution in [-0.2, 0) is 24.2 Å². The number of carbonyl (C=O) groups excluding carboxylic acids is 2. The van der Waals surface area contributed by atoms with E-state index in [0.717, 1.165) is 31.2 Å². The van der Waals surface area contributed by atoms with Crippen LogP contribution in [0, 0.1) is 11.3 Å². The second-order valence-electron chi connectivity index (χ2n) is 8.31. The summed E-state index contributed by atoms with van der Waals surface area (Å²) in [6, 6.07) is 8.46. The number of nitriles is 1. The number of nitrogens with zero attached hydrogens (tertiary/aromatic N) is 4. The number of amides is 2. The lowest BCUT2D eigenvalue weighted by molar-refractivity contribution is -0.113. The lowest BCUT2D eigenvalue weighted by atomic mass is 9.96. The highest BCUT2D eigenvalue weighted by Crippen LogP contribution is 2.37. The first kappa shape index (κ1) is 25.9. The highest BCUT2D eigenvalue weighted by Gasteiger charge is 2.23. The van der Waals surface area contributed by atoms with Crippen molar-refractivity contribution in [3.05, 3.63) is 69.3 Å². The van der Waals surface area contributed by atoms with Crippen LogP contribution < -0.4 is 10.6 Å². The molecule has 4 rings (SSSR count). The summed E-state index contributed by atoms with van der Waals surface area (Å²) in [5.41, 5.74) is 2.16. The van der Waals surface area contributed by atoms with Gasteiger partial charge < -0.3 is 15.2 Å². The molecular formula is C25H25ClN6O2S2. The van der Waals surface area contributed by atoms with Gasteiger partial charge in [0.25, 0.3) is 5.91 Å². The Labute approximate surface area is 222 Å². The zero-order valence-electron chi connectivity index (χ0n) is 19.7. The number of thioether (sulfide) groups is 1. The number of fused-ring (bicyclic) bond motifs is 1. The number of allylic oxidation sites excluding steroid dienone is 1. The molecule has 0 spiro atoms. The third-order valence-corrected chi connectivity index (χ3v) is 8.19. The van der Waals surface area contributed by atoms with Crippen LogP contribution in [0.15, 0.2) is 42.1 Å². The summed E-state index contributed by atoms with van der Waals surface area (Å²) in [5, 5.41) is 25.7. The van der Waals surface area contributed by atoms with Gasteiger partial charge in [-0.3, -0.25) is 9.59 Å². The summed E-state index contributed by atoms with van der Waals surface area (Å²) >= 11 is 8.65. The minimum Gasteiger partial charge on any atom is -0.342 e. The normalized spacial score (nSPS) is 13.4. The molecule has 0 saturated carbocycles. The number of carbonyl (C=O) groups is 2. The molecule has 2 heterocycles. The predicted octanol–water partition coefficient (Wildman–Crippen LogP) is 5.15. The van der Waals surface area contributed by atoms with Gasteiger partial charge in [-0.2, -0.15) is 5.26 Å². The first-order valence-corrected chi connectivity index (χ1v) is 13.7. The molecule has 0 radical (unpaired) electrons. The summed E-state index contributed by atoms with van der Waals surface area (Å²) < 4.78 is 1.82. The van der Waals surface area contributed by atoms with Gasteiger partial charge in [0, 0.05) is 22.0 Å². The van der Waals surface area contributed by atoms with Crippen LogP contribution in [0.25, 0.3) is 0 Å². The average Bonchev–Trinajstić information content (AvgIpc) is 3.43. The Hall–Kier alpha value is -3.13. The van der Waals surface area contributed by atoms with Crippen molar-refractivity contribution >= 4 is 51.5 Å². The Morgan fingerprint density at radius 2 is 2.06 bits per heavy atom. The van der Waals surface area contributed by atoms with E-state index >= 15 is 0 Å². The summed E-state index contributed by atoms with van der Waals surface area (Å²) in [7, 11) is 0. The molecule has 1 aromatic carbocycles. The zero-order chi connectivity index (χ0) is 25.7. The van der Waals surface area contributed by atoms with Crippen molar-refractivity contribution < 1.29 is 9.59 Å². The van der Waals surface area contributed by atoms with Crippen molar-refractivity contribution in [2.75, 3.05) is 11.1 Å². The van der Waals surface area contributed by atoms with Crippen molar-refractivity contribution in [1.29, 1.82) is 5.26 Å². The van der Waals surface area contributed by atoms with Crippen LogP contribution in [0.4, 0.5) is 5.00 Å². The number of rotatable bonds is 9. The number of aryl methyl sites for hydroxylation is 1. The molecular weight excluding hydrogens is 516 g/mol. The third kappa shape index (κ3) is 5.81. The minimum atomic E-state index is -0.431. The minimum absolute atomic E-state index is 0.105. The first-order valence-electron chi connectivity index (χ1n) is 11.5. The largest absolute Gasteiger partial charge is 0.342 e. The van der Waals surface area contributed by atoms with Crippen molar-refractivity contribution in [3.8, 4) is 6.07 Å². The van der Waals surface area contributed by atoms with Crippen LogP contribution in [0.5, 0.6) is 0 Å². The highest BCUT2D eigenvalue weighted by molar-refractivity contribution is 7.99. The maximum absolute atomic E-state index is 12.7. The second-order valence-corrected chi connectivity index (χ2v) is 10.8. The summed E-state index contributed by atoms with van der Waals surface area (Å²) in [5.74, 6) is 0.188. The number of aromatic nitrogens is 3. The molecule has 3 aromatic rings. The Bertz CT molecular complexity index is 1330. The summed E-state index contributed by atoms with van der Waals surface area (Å²) in [4.78, 5) is 26.5. The van der Waals surface area contributed by atoms with Crippen LogP contribution in [0.1, 0.15) is 58.0 Å². The van der Waals surface area contributed by atoms with E-state index in [9.17, 15) is 14.9 Å². The van der Waals surface area contributed by atoms with Crippen LogP contribution in [0.3, 0.4) is 0 Å². The summed E-state index contributed by atoms with van der Waals surface area (Å²) in [6.07, 6.45) is 5.74. The molecule has 186 valence electrons. The van der Waals surface area contributed by atoms with Gasteiger partial charge >= 0.3 is 0 Å². The predicted molar refractivity (Wildman–Crippen MR) is 143 cm³/mol. The molecule has 11 heteroatoms. The molecule has 2 amide bonds. The topological polar surface area (TPSA) is 113 Å². The fraction of sp³-hybridized carbons (Fsp3) is 0.320. The van der Waals surface area contributed by atoms with Crippen molar-refractivity contribution in [3.63, 3.8) is 0 Å². The van der Waals surface area contributed by atoms with Gasteiger partial charge in [0.2, 0.25) is 5.91 Å². The maximum Gasteiger partial charge on any atom is 0.251 e. The molecule has 36 heavy (non-hydrogen) atoms. The van der Waals surface area contributed by atoms with Crippen LogP contribution in [0.2, 0.25) is 5.02 Å². The lowest BCUT2D eigenvalue weighted by Crippen LogP contribution is -2.28. The van der Waals surface area contributed by atoms with Gasteiger partial charge in [0.05, 0.1) is 17.4 Å². The van der Waals surface area contributed by atoms with Crippen LogP contribution in [-0.4, -0.2) is 32.3 Å². The van der Waals surface area contributed by atoms with Crippen molar-refractivity contribution in [1.82, 2.24) is 20.1 Å². The molecule has 1 atom stereocenters. The third-order valence-electron chi connectivity index (χ3n) is 5.77. The van der Waals surface area contributed by atoms with Gasteiger partial charge in [0.1, 0.15) is 11.1 Å². The maximum atomic E-state index is 12.7. The number of halogens is 1. The highest BCUT2D eigenvalue weighted by atomic mass is 35.5. The number of anilines is 1. The van der Waals surface area contributed by atoms with Gasteiger partial charge in [-0.25, -0.2) is 0 Å². The molecule has 0 unspecified atom stereocenters. The number of nitrogens with one attached hydrogen (secondary N) is 2. The molecule has 0 aliphatic heterocycles. The number of hydrogen-bond acceptors (Lipinski definition) is 7. The fourth-order valence-electron chi connectivity index (χ4n) is 4.04. The zero-order valence-corrected chi connectivity index (χ0v) is 22.1. The molecule has 2 N–H and O–H groups in total. The monoisotopic (exact) mass is 540 g/mol. The van der Waals surface area contributed by atoms with E-state index in [1.54, 1.807) is 30.3 Å². The SMILES string of the molecule is C=CCn1c(SCC(=O)Nc2sc3c(c2C#N)CCCC3)nnc1[C@H](C)NC(=O)c1ccc(Cl)cc1. The smallest absolute Gasteiger partial charge is 0.251 e. The van der Waals surface area contributed by atoms with Crippen molar-refractivity contribution in [2.45, 2.75) is 50.4 Å². The van der Waals surface area contributed by atoms with E-state index in [1.807, 2.05) is 11.5 Å². The van der Waals surface area contributed by atoms with E-state index < -0.39 is 6.04 Å². The molecule has 8 nitrogen and oxygen atoms in total. The van der Waals surface area contributed by atoms with Gasteiger partial charge in [-0.05, 0) is 62.4 Å². The van der Waals surface area contributed by atoms with E-state index in [1.165, 1.54) is 28.0 Å². The Kier molecular flexibility index (Phi) is 8.46. The van der Waals surface area contributed by atoms with Crippen LogP contribution >= 0.6 is 34.7 Å². The van der Waals surface area contributed by atoms with Crippen molar-refractivity contribution in [2.24, 2.45) is 0 Å². The van der Waals surface area contributed by atoms with E-state index in [2.05, 4.69) is 33.5 Å². The molecule has 2 aromatic heterocycles. The average molecular weight is 541 g/mol. The van der Waals surface area contributed by atoms with Gasteiger partial charge in [-0.1, -0.05) is 29.4 Å². The Morgan fingerprint density at radius 3 is 2.78 bits per heavy atom. The second kappa shape index (κ2) is 11.7. The standard InChI is InChI=1S/C25H25ClN6O2S2/c1-3-12-32-22(15(2)28-23(34)16-8-10-17(26)11-9-16)30-31-25(32)35-14-21(33)29-24-19(13-27)18-6-4-5-7-20(18)36-24/h3,8-11,15H,1,4-7,12,14H2,2H3,(H,28,34)(H,29,33)/t15-/m0/s1. The van der Waals surface area contributed by atoms with E-state index in [0.29, 0.717) is 38.7 Å². The number of benzene rings is 1. The van der Waals surface area contributed by atoms with Gasteiger partial charge in [-0.15, -0.1) is 28.1 Å². The lowest BCUT2D eigenvalue weighted by Gasteiger charge is -2.15. The Balaban J connectivity index is 1.42. The van der Waals surface area contributed by atoms with E-state index in [-0.39, 0.29) is 17.6 Å². The molecule has 1 aliphatic carbocycles. The Morgan fingerprint density at radius 1 is 1.31 bits per heavy atom. The molecule has 0 fully saturated rings. The fourth-order valence-corrected chi connectivity index (χ4v) is 6.18. The van der Waals surface area contributed by atoms with E-state index in [4.69, 9.17) is 11.6 Å². The summed E-state index contributed by atoms with van der Waals surface area (Å²) in [6.45, 7) is 6.04. The first-order chi connectivity index (χ1) is 17.4. The molecule has 0 saturated heterocycles. The number of thiophene rings is 1. The molecule has 0 bridgehead atoms.